The van der Waals surface area contributed by atoms with E-state index < -0.39 is 0 Å². The van der Waals surface area contributed by atoms with Crippen LogP contribution < -0.4 is 11.1 Å². The van der Waals surface area contributed by atoms with Gasteiger partial charge in [0.1, 0.15) is 6.04 Å². The summed E-state index contributed by atoms with van der Waals surface area (Å²) >= 11 is 0. The molecule has 2 unspecified atom stereocenters. The predicted molar refractivity (Wildman–Crippen MR) is 79.4 cm³/mol. The third-order valence-electron chi connectivity index (χ3n) is 3.40. The molecule has 1 aromatic rings. The van der Waals surface area contributed by atoms with Gasteiger partial charge < -0.3 is 16.0 Å². The number of hydrogen-bond donors (Lipinski definition) is 2. The van der Waals surface area contributed by atoms with E-state index in [9.17, 15) is 9.59 Å². The van der Waals surface area contributed by atoms with Crippen LogP contribution in [0.5, 0.6) is 0 Å². The van der Waals surface area contributed by atoms with E-state index in [-0.39, 0.29) is 42.7 Å². The number of carbonyl (C=O) groups is 2. The third-order valence-corrected chi connectivity index (χ3v) is 3.40. The molecule has 6 heteroatoms. The summed E-state index contributed by atoms with van der Waals surface area (Å²) in [6, 6.07) is 8.75. The molecular weight excluding hydrogens is 278 g/mol. The van der Waals surface area contributed by atoms with E-state index in [2.05, 4.69) is 5.32 Å². The molecule has 1 aliphatic rings. The van der Waals surface area contributed by atoms with E-state index in [1.165, 1.54) is 0 Å². The Morgan fingerprint density at radius 2 is 2.10 bits per heavy atom. The van der Waals surface area contributed by atoms with E-state index in [4.69, 9.17) is 5.73 Å². The summed E-state index contributed by atoms with van der Waals surface area (Å²) in [5, 5.41) is 2.75. The van der Waals surface area contributed by atoms with Gasteiger partial charge in [0.25, 0.3) is 0 Å². The lowest BCUT2D eigenvalue weighted by Gasteiger charge is -2.15. The maximum atomic E-state index is 11.9. The van der Waals surface area contributed by atoms with Crippen LogP contribution in [0.4, 0.5) is 0 Å². The van der Waals surface area contributed by atoms with Crippen LogP contribution in [0.2, 0.25) is 0 Å². The van der Waals surface area contributed by atoms with E-state index >= 15 is 0 Å². The second-order valence-electron chi connectivity index (χ2n) is 4.89. The van der Waals surface area contributed by atoms with Crippen LogP contribution in [-0.4, -0.2) is 36.3 Å². The zero-order valence-electron chi connectivity index (χ0n) is 11.4. The number of nitrogens with one attached hydrogen (secondary N) is 1. The Morgan fingerprint density at radius 3 is 2.65 bits per heavy atom. The molecular formula is C14H20ClN3O2. The molecule has 5 nitrogen and oxygen atoms in total. The minimum absolute atomic E-state index is 0. The van der Waals surface area contributed by atoms with Crippen molar-refractivity contribution in [2.75, 3.05) is 13.6 Å². The summed E-state index contributed by atoms with van der Waals surface area (Å²) in [4.78, 5) is 25.2. The maximum Gasteiger partial charge on any atom is 0.244 e. The van der Waals surface area contributed by atoms with Gasteiger partial charge >= 0.3 is 0 Å². The van der Waals surface area contributed by atoms with E-state index in [1.54, 1.807) is 11.9 Å². The second kappa shape index (κ2) is 7.26. The molecule has 3 N–H and O–H groups in total. The van der Waals surface area contributed by atoms with Crippen molar-refractivity contribution in [2.45, 2.75) is 24.9 Å². The molecule has 0 aromatic heterocycles. The van der Waals surface area contributed by atoms with Crippen molar-refractivity contribution in [2.24, 2.45) is 5.73 Å². The normalized spacial score (nSPS) is 19.4. The quantitative estimate of drug-likeness (QED) is 0.865. The molecule has 2 rings (SSSR count). The molecule has 20 heavy (non-hydrogen) atoms. The van der Waals surface area contributed by atoms with Crippen molar-refractivity contribution in [3.63, 3.8) is 0 Å². The highest BCUT2D eigenvalue weighted by molar-refractivity contribution is 5.89. The van der Waals surface area contributed by atoms with Crippen LogP contribution in [0.3, 0.4) is 0 Å². The van der Waals surface area contributed by atoms with E-state index in [0.29, 0.717) is 13.0 Å². The Kier molecular flexibility index (Phi) is 5.98. The fourth-order valence-electron chi connectivity index (χ4n) is 2.23. The van der Waals surface area contributed by atoms with Crippen LogP contribution in [0, 0.1) is 0 Å². The molecule has 0 bridgehead atoms. The summed E-state index contributed by atoms with van der Waals surface area (Å²) in [6.45, 7) is 0.689. The summed E-state index contributed by atoms with van der Waals surface area (Å²) in [5.74, 6) is -0.202. The van der Waals surface area contributed by atoms with Gasteiger partial charge in [-0.15, -0.1) is 12.4 Å². The Bertz CT molecular complexity index is 467. The molecule has 1 fully saturated rings. The molecule has 0 saturated carbocycles. The van der Waals surface area contributed by atoms with Gasteiger partial charge in [-0.1, -0.05) is 30.3 Å². The average molecular weight is 298 g/mol. The Balaban J connectivity index is 0.00000200. The Labute approximate surface area is 124 Å². The molecule has 0 spiro atoms. The van der Waals surface area contributed by atoms with Gasteiger partial charge in [0.2, 0.25) is 11.8 Å². The monoisotopic (exact) mass is 297 g/mol. The first-order valence-electron chi connectivity index (χ1n) is 6.43. The van der Waals surface area contributed by atoms with E-state index in [0.717, 1.165) is 5.56 Å². The molecule has 1 aliphatic heterocycles. The van der Waals surface area contributed by atoms with Crippen molar-refractivity contribution in [1.29, 1.82) is 0 Å². The van der Waals surface area contributed by atoms with Gasteiger partial charge in [-0.25, -0.2) is 0 Å². The number of rotatable bonds is 4. The summed E-state index contributed by atoms with van der Waals surface area (Å²) in [5.41, 5.74) is 6.90. The van der Waals surface area contributed by atoms with Gasteiger partial charge in [-0.3, -0.25) is 9.59 Å². The SMILES string of the molecule is CN1CCC(NC(=O)CC(N)c2ccccc2)C1=O.Cl. The number of nitrogens with zero attached hydrogens (tertiary/aromatic N) is 1. The third kappa shape index (κ3) is 3.95. The number of hydrogen-bond acceptors (Lipinski definition) is 3. The largest absolute Gasteiger partial charge is 0.344 e. The lowest BCUT2D eigenvalue weighted by atomic mass is 10.0. The number of benzene rings is 1. The van der Waals surface area contributed by atoms with Gasteiger partial charge in [0.05, 0.1) is 0 Å². The average Bonchev–Trinajstić information content (AvgIpc) is 2.71. The summed E-state index contributed by atoms with van der Waals surface area (Å²) < 4.78 is 0. The maximum absolute atomic E-state index is 11.9. The molecule has 1 saturated heterocycles. The van der Waals surface area contributed by atoms with Gasteiger partial charge in [-0.05, 0) is 12.0 Å². The minimum atomic E-state index is -0.388. The van der Waals surface area contributed by atoms with Crippen LogP contribution in [-0.2, 0) is 9.59 Å². The summed E-state index contributed by atoms with van der Waals surface area (Å²) in [6.07, 6.45) is 0.860. The highest BCUT2D eigenvalue weighted by Gasteiger charge is 2.30. The van der Waals surface area contributed by atoms with Gasteiger partial charge in [-0.2, -0.15) is 0 Å². The number of amides is 2. The summed E-state index contributed by atoms with van der Waals surface area (Å²) in [7, 11) is 1.74. The standard InChI is InChI=1S/C14H19N3O2.ClH/c1-17-8-7-12(14(17)19)16-13(18)9-11(15)10-5-3-2-4-6-10;/h2-6,11-12H,7-9,15H2,1H3,(H,16,18);1H. The first kappa shape index (κ1) is 16.5. The first-order chi connectivity index (χ1) is 9.08. The van der Waals surface area contributed by atoms with Crippen molar-refractivity contribution in [3.8, 4) is 0 Å². The van der Waals surface area contributed by atoms with Crippen molar-refractivity contribution in [1.82, 2.24) is 10.2 Å². The lowest BCUT2D eigenvalue weighted by molar-refractivity contribution is -0.131. The topological polar surface area (TPSA) is 75.4 Å². The molecule has 2 amide bonds. The highest BCUT2D eigenvalue weighted by Crippen LogP contribution is 2.14. The molecule has 1 heterocycles. The predicted octanol–water partition coefficient (Wildman–Crippen LogP) is 0.845. The highest BCUT2D eigenvalue weighted by atomic mass is 35.5. The van der Waals surface area contributed by atoms with Gasteiger partial charge in [0, 0.05) is 26.1 Å². The molecule has 110 valence electrons. The Morgan fingerprint density at radius 1 is 1.45 bits per heavy atom. The van der Waals surface area contributed by atoms with Crippen LogP contribution in [0.1, 0.15) is 24.4 Å². The molecule has 1 aromatic carbocycles. The zero-order chi connectivity index (χ0) is 13.8. The molecule has 2 atom stereocenters. The van der Waals surface area contributed by atoms with Crippen LogP contribution in [0.25, 0.3) is 0 Å². The lowest BCUT2D eigenvalue weighted by Crippen LogP contribution is -2.41. The van der Waals surface area contributed by atoms with Crippen molar-refractivity contribution < 1.29 is 9.59 Å². The molecule has 0 radical (unpaired) electrons. The van der Waals surface area contributed by atoms with Crippen molar-refractivity contribution in [3.05, 3.63) is 35.9 Å². The Hall–Kier alpha value is -1.59. The van der Waals surface area contributed by atoms with Crippen LogP contribution >= 0.6 is 12.4 Å². The van der Waals surface area contributed by atoms with Crippen molar-refractivity contribution >= 4 is 24.2 Å². The minimum Gasteiger partial charge on any atom is -0.344 e. The zero-order valence-corrected chi connectivity index (χ0v) is 12.2. The number of likely N-dealkylation sites (N-methyl/N-ethyl adjacent to an activating group) is 1. The first-order valence-corrected chi connectivity index (χ1v) is 6.43. The number of nitrogens with two attached hydrogens (primary N) is 1. The number of likely N-dealkylation sites (tertiary alicyclic amines) is 1. The fraction of sp³-hybridized carbons (Fsp3) is 0.429. The number of carbonyl (C=O) groups excluding carboxylic acids is 2. The van der Waals surface area contributed by atoms with E-state index in [1.807, 2.05) is 30.3 Å². The fourth-order valence-corrected chi connectivity index (χ4v) is 2.23. The second-order valence-corrected chi connectivity index (χ2v) is 4.89. The van der Waals surface area contributed by atoms with Crippen LogP contribution in [0.15, 0.2) is 30.3 Å². The smallest absolute Gasteiger partial charge is 0.244 e. The van der Waals surface area contributed by atoms with Gasteiger partial charge in [0.15, 0.2) is 0 Å². The number of halogens is 1. The molecule has 0 aliphatic carbocycles.